The van der Waals surface area contributed by atoms with Gasteiger partial charge in [-0.25, -0.2) is 4.79 Å². The van der Waals surface area contributed by atoms with Gasteiger partial charge in [0.15, 0.2) is 0 Å². The number of urea groups is 1. The molecule has 1 aliphatic rings. The van der Waals surface area contributed by atoms with Gasteiger partial charge in [0.25, 0.3) is 0 Å². The van der Waals surface area contributed by atoms with Crippen molar-refractivity contribution < 1.29 is 14.7 Å². The molecule has 0 aliphatic carbocycles. The molecule has 2 unspecified atom stereocenters. The fourth-order valence-corrected chi connectivity index (χ4v) is 2.00. The van der Waals surface area contributed by atoms with Gasteiger partial charge in [0.05, 0.1) is 5.92 Å². The van der Waals surface area contributed by atoms with Gasteiger partial charge in [-0.1, -0.05) is 13.8 Å². The van der Waals surface area contributed by atoms with Crippen molar-refractivity contribution in [2.45, 2.75) is 33.1 Å². The molecule has 1 saturated heterocycles. The minimum atomic E-state index is -0.814. The number of carboxylic acids is 1. The fraction of sp³-hybridized carbons (Fsp3) is 0.833. The predicted octanol–water partition coefficient (Wildman–Crippen LogP) is 1.54. The second kappa shape index (κ2) is 6.47. The Bertz CT molecular complexity index is 281. The Balaban J connectivity index is 2.22. The maximum Gasteiger partial charge on any atom is 0.317 e. The Kier molecular flexibility index (Phi) is 5.25. The number of aliphatic carboxylic acids is 1. The molecule has 1 rings (SSSR count). The molecule has 1 heterocycles. The zero-order chi connectivity index (χ0) is 12.8. The molecule has 98 valence electrons. The highest BCUT2D eigenvalue weighted by molar-refractivity contribution is 5.74. The molecule has 0 aromatic carbocycles. The summed E-state index contributed by atoms with van der Waals surface area (Å²) >= 11 is 0. The maximum atomic E-state index is 11.8. The second-order valence-electron chi connectivity index (χ2n) is 4.95. The highest BCUT2D eigenvalue weighted by Crippen LogP contribution is 2.15. The van der Waals surface area contributed by atoms with Crippen LogP contribution >= 0.6 is 0 Å². The summed E-state index contributed by atoms with van der Waals surface area (Å²) in [4.78, 5) is 24.2. The number of carboxylic acid groups (broad SMARTS) is 1. The van der Waals surface area contributed by atoms with Crippen LogP contribution in [-0.4, -0.2) is 41.6 Å². The number of piperidine rings is 1. The summed E-state index contributed by atoms with van der Waals surface area (Å²) in [5.41, 5.74) is 0. The van der Waals surface area contributed by atoms with E-state index in [1.54, 1.807) is 6.92 Å². The fourth-order valence-electron chi connectivity index (χ4n) is 2.00. The number of nitrogens with zero attached hydrogens (tertiary/aromatic N) is 1. The number of rotatable bonds is 4. The van der Waals surface area contributed by atoms with Crippen LogP contribution in [-0.2, 0) is 4.79 Å². The molecule has 0 bridgehead atoms. The van der Waals surface area contributed by atoms with Crippen LogP contribution in [0.3, 0.4) is 0 Å². The largest absolute Gasteiger partial charge is 0.481 e. The van der Waals surface area contributed by atoms with E-state index < -0.39 is 11.9 Å². The van der Waals surface area contributed by atoms with Gasteiger partial charge < -0.3 is 15.3 Å². The molecule has 0 spiro atoms. The molecule has 2 N–H and O–H groups in total. The lowest BCUT2D eigenvalue weighted by atomic mass is 10.0. The van der Waals surface area contributed by atoms with Crippen LogP contribution in [0.4, 0.5) is 4.79 Å². The zero-order valence-corrected chi connectivity index (χ0v) is 10.6. The monoisotopic (exact) mass is 242 g/mol. The molecular formula is C12H22N2O3. The summed E-state index contributed by atoms with van der Waals surface area (Å²) in [6.45, 7) is 5.84. The minimum Gasteiger partial charge on any atom is -0.481 e. The van der Waals surface area contributed by atoms with Crippen LogP contribution in [0.5, 0.6) is 0 Å². The molecule has 0 aromatic heterocycles. The van der Waals surface area contributed by atoms with Gasteiger partial charge in [-0.2, -0.15) is 0 Å². The Morgan fingerprint density at radius 3 is 2.82 bits per heavy atom. The van der Waals surface area contributed by atoms with Crippen molar-refractivity contribution in [1.29, 1.82) is 0 Å². The van der Waals surface area contributed by atoms with Crippen LogP contribution in [0.2, 0.25) is 0 Å². The standard InChI is InChI=1S/C12H22N2O3/c1-9-4-3-7-14(8-9)12(17)13-6-5-10(2)11(15)16/h9-10H,3-8H2,1-2H3,(H,13,17)(H,15,16). The van der Waals surface area contributed by atoms with E-state index in [-0.39, 0.29) is 6.03 Å². The van der Waals surface area contributed by atoms with Crippen molar-refractivity contribution in [1.82, 2.24) is 10.2 Å². The molecule has 2 amide bonds. The summed E-state index contributed by atoms with van der Waals surface area (Å²) in [7, 11) is 0. The summed E-state index contributed by atoms with van der Waals surface area (Å²) in [5.74, 6) is -0.658. The van der Waals surface area contributed by atoms with Crippen molar-refractivity contribution in [3.8, 4) is 0 Å². The zero-order valence-electron chi connectivity index (χ0n) is 10.6. The van der Waals surface area contributed by atoms with E-state index in [0.717, 1.165) is 19.5 Å². The Morgan fingerprint density at radius 1 is 1.53 bits per heavy atom. The Morgan fingerprint density at radius 2 is 2.24 bits per heavy atom. The number of nitrogens with one attached hydrogen (secondary N) is 1. The second-order valence-corrected chi connectivity index (χ2v) is 4.95. The molecule has 0 radical (unpaired) electrons. The lowest BCUT2D eigenvalue weighted by Crippen LogP contribution is -2.45. The van der Waals surface area contributed by atoms with Crippen molar-refractivity contribution in [2.75, 3.05) is 19.6 Å². The van der Waals surface area contributed by atoms with Crippen molar-refractivity contribution in [3.63, 3.8) is 0 Å². The molecule has 5 nitrogen and oxygen atoms in total. The van der Waals surface area contributed by atoms with Crippen molar-refractivity contribution in [2.24, 2.45) is 11.8 Å². The summed E-state index contributed by atoms with van der Waals surface area (Å²) in [5, 5.41) is 11.5. The third-order valence-corrected chi connectivity index (χ3v) is 3.22. The van der Waals surface area contributed by atoms with Gasteiger partial charge in [-0.3, -0.25) is 4.79 Å². The van der Waals surface area contributed by atoms with Crippen LogP contribution < -0.4 is 5.32 Å². The average Bonchev–Trinajstić information content (AvgIpc) is 2.28. The van der Waals surface area contributed by atoms with E-state index >= 15 is 0 Å². The number of amides is 2. The van der Waals surface area contributed by atoms with Gasteiger partial charge >= 0.3 is 12.0 Å². The number of carbonyl (C=O) groups excluding carboxylic acids is 1. The molecule has 0 aromatic rings. The first kappa shape index (κ1) is 13.8. The lowest BCUT2D eigenvalue weighted by molar-refractivity contribution is -0.141. The SMILES string of the molecule is CC1CCCN(C(=O)NCCC(C)C(=O)O)C1. The van der Waals surface area contributed by atoms with E-state index in [2.05, 4.69) is 12.2 Å². The molecule has 5 heteroatoms. The van der Waals surface area contributed by atoms with E-state index in [1.165, 1.54) is 6.42 Å². The third-order valence-electron chi connectivity index (χ3n) is 3.22. The molecule has 1 fully saturated rings. The average molecular weight is 242 g/mol. The van der Waals surface area contributed by atoms with Crippen molar-refractivity contribution in [3.05, 3.63) is 0 Å². The van der Waals surface area contributed by atoms with Crippen LogP contribution in [0.1, 0.15) is 33.1 Å². The van der Waals surface area contributed by atoms with Crippen LogP contribution in [0.25, 0.3) is 0 Å². The molecule has 17 heavy (non-hydrogen) atoms. The summed E-state index contributed by atoms with van der Waals surface area (Å²) in [6.07, 6.45) is 2.71. The van der Waals surface area contributed by atoms with Gasteiger partial charge in [0, 0.05) is 19.6 Å². The Hall–Kier alpha value is -1.26. The van der Waals surface area contributed by atoms with E-state index in [9.17, 15) is 9.59 Å². The predicted molar refractivity (Wildman–Crippen MR) is 64.8 cm³/mol. The minimum absolute atomic E-state index is 0.0610. The first-order valence-corrected chi connectivity index (χ1v) is 6.26. The molecule has 2 atom stereocenters. The molecule has 0 saturated carbocycles. The first-order chi connectivity index (χ1) is 8.00. The van der Waals surface area contributed by atoms with Gasteiger partial charge in [0.2, 0.25) is 0 Å². The number of hydrogen-bond acceptors (Lipinski definition) is 2. The number of hydrogen-bond donors (Lipinski definition) is 2. The van der Waals surface area contributed by atoms with Gasteiger partial charge in [-0.05, 0) is 25.2 Å². The smallest absolute Gasteiger partial charge is 0.317 e. The molecular weight excluding hydrogens is 220 g/mol. The quantitative estimate of drug-likeness (QED) is 0.785. The summed E-state index contributed by atoms with van der Waals surface area (Å²) in [6, 6.07) is -0.0610. The van der Waals surface area contributed by atoms with Crippen molar-refractivity contribution >= 4 is 12.0 Å². The van der Waals surface area contributed by atoms with E-state index in [1.807, 2.05) is 4.90 Å². The first-order valence-electron chi connectivity index (χ1n) is 6.26. The number of likely N-dealkylation sites (tertiary alicyclic amines) is 1. The maximum absolute atomic E-state index is 11.8. The highest BCUT2D eigenvalue weighted by Gasteiger charge is 2.20. The van der Waals surface area contributed by atoms with Gasteiger partial charge in [-0.15, -0.1) is 0 Å². The van der Waals surface area contributed by atoms with Crippen LogP contribution in [0, 0.1) is 11.8 Å². The highest BCUT2D eigenvalue weighted by atomic mass is 16.4. The number of carbonyl (C=O) groups is 2. The van der Waals surface area contributed by atoms with E-state index in [0.29, 0.717) is 18.9 Å². The van der Waals surface area contributed by atoms with E-state index in [4.69, 9.17) is 5.11 Å². The summed E-state index contributed by atoms with van der Waals surface area (Å²) < 4.78 is 0. The molecule has 1 aliphatic heterocycles. The van der Waals surface area contributed by atoms with Crippen LogP contribution in [0.15, 0.2) is 0 Å². The normalized spacial score (nSPS) is 22.0. The third kappa shape index (κ3) is 4.63. The van der Waals surface area contributed by atoms with Gasteiger partial charge in [0.1, 0.15) is 0 Å². The Labute approximate surface area is 102 Å². The topological polar surface area (TPSA) is 69.6 Å². The lowest BCUT2D eigenvalue weighted by Gasteiger charge is -2.31.